The van der Waals surface area contributed by atoms with Crippen LogP contribution >= 0.6 is 22.7 Å². The van der Waals surface area contributed by atoms with Crippen LogP contribution in [0.15, 0.2) is 29.6 Å². The Kier molecular flexibility index (Phi) is 3.56. The standard InChI is InChI=1S/C16H11F2N2O2S2/c17-9-8-23-13(14(9)18)7-20(6-5-11(21)15(20)22)16-19-10-3-1-2-4-12(10)24-16/h1-4,8H,5-7H2/q+1. The second kappa shape index (κ2) is 5.51. The molecular formula is C16H11F2N2O2S2+. The summed E-state index contributed by atoms with van der Waals surface area (Å²) in [6, 6.07) is 7.39. The molecule has 122 valence electrons. The largest absolute Gasteiger partial charge is 0.389 e. The van der Waals surface area contributed by atoms with Crippen LogP contribution in [0.2, 0.25) is 0 Å². The number of thiophene rings is 1. The molecule has 1 atom stereocenters. The van der Waals surface area contributed by atoms with E-state index in [1.807, 2.05) is 24.3 Å². The van der Waals surface area contributed by atoms with Gasteiger partial charge in [0.25, 0.3) is 10.9 Å². The van der Waals surface area contributed by atoms with Gasteiger partial charge in [-0.2, -0.15) is 9.47 Å². The second-order valence-corrected chi connectivity index (χ2v) is 7.59. The highest BCUT2D eigenvalue weighted by Crippen LogP contribution is 2.39. The summed E-state index contributed by atoms with van der Waals surface area (Å²) in [5.41, 5.74) is 0.722. The Balaban J connectivity index is 1.86. The van der Waals surface area contributed by atoms with Crippen LogP contribution in [-0.2, 0) is 16.1 Å². The third-order valence-electron chi connectivity index (χ3n) is 4.17. The average Bonchev–Trinajstić information content (AvgIpc) is 3.23. The monoisotopic (exact) mass is 365 g/mol. The van der Waals surface area contributed by atoms with Crippen LogP contribution in [0.25, 0.3) is 10.2 Å². The van der Waals surface area contributed by atoms with Crippen molar-refractivity contribution in [3.63, 3.8) is 0 Å². The summed E-state index contributed by atoms with van der Waals surface area (Å²) in [6.45, 7) is 0.126. The summed E-state index contributed by atoms with van der Waals surface area (Å²) < 4.78 is 27.8. The van der Waals surface area contributed by atoms with E-state index in [9.17, 15) is 18.4 Å². The number of thiazole rings is 1. The van der Waals surface area contributed by atoms with E-state index in [0.717, 1.165) is 26.9 Å². The number of carbonyl (C=O) groups is 2. The minimum absolute atomic E-state index is 0.0875. The number of likely N-dealkylation sites (tertiary alicyclic amines) is 1. The maximum Gasteiger partial charge on any atom is 0.389 e. The number of halogens is 2. The van der Waals surface area contributed by atoms with Crippen molar-refractivity contribution in [2.24, 2.45) is 0 Å². The lowest BCUT2D eigenvalue weighted by atomic mass is 10.3. The van der Waals surface area contributed by atoms with E-state index in [2.05, 4.69) is 4.98 Å². The number of benzene rings is 1. The molecule has 0 aliphatic carbocycles. The topological polar surface area (TPSA) is 47.0 Å². The van der Waals surface area contributed by atoms with Gasteiger partial charge in [-0.3, -0.25) is 4.79 Å². The highest BCUT2D eigenvalue weighted by molar-refractivity contribution is 7.22. The van der Waals surface area contributed by atoms with Gasteiger partial charge >= 0.3 is 5.91 Å². The van der Waals surface area contributed by atoms with Crippen molar-refractivity contribution in [1.82, 2.24) is 9.47 Å². The molecule has 24 heavy (non-hydrogen) atoms. The molecule has 3 heterocycles. The summed E-state index contributed by atoms with van der Waals surface area (Å²) in [4.78, 5) is 29.1. The third kappa shape index (κ3) is 2.21. The van der Waals surface area contributed by atoms with Crippen molar-refractivity contribution < 1.29 is 18.4 Å². The molecule has 1 aromatic carbocycles. The predicted molar refractivity (Wildman–Crippen MR) is 88.9 cm³/mol. The number of quaternary nitrogens is 1. The first-order valence-corrected chi connectivity index (χ1v) is 8.93. The molecule has 3 aromatic rings. The van der Waals surface area contributed by atoms with Gasteiger partial charge < -0.3 is 0 Å². The molecule has 0 spiro atoms. The van der Waals surface area contributed by atoms with E-state index in [4.69, 9.17) is 0 Å². The van der Waals surface area contributed by atoms with E-state index in [1.165, 1.54) is 11.3 Å². The second-order valence-electron chi connectivity index (χ2n) is 5.61. The van der Waals surface area contributed by atoms with Crippen molar-refractivity contribution >= 4 is 49.7 Å². The van der Waals surface area contributed by atoms with Crippen LogP contribution in [0.5, 0.6) is 0 Å². The summed E-state index contributed by atoms with van der Waals surface area (Å²) in [5, 5.41) is 1.52. The number of rotatable bonds is 3. The van der Waals surface area contributed by atoms with Crippen LogP contribution in [0, 0.1) is 11.6 Å². The lowest BCUT2D eigenvalue weighted by Crippen LogP contribution is -2.50. The van der Waals surface area contributed by atoms with Crippen molar-refractivity contribution in [3.05, 3.63) is 46.2 Å². The molecule has 0 N–H and O–H groups in total. The number of carbonyl (C=O) groups excluding carboxylic acids is 2. The molecule has 1 unspecified atom stereocenters. The first-order valence-electron chi connectivity index (χ1n) is 7.23. The van der Waals surface area contributed by atoms with Crippen LogP contribution in [0.4, 0.5) is 13.9 Å². The lowest BCUT2D eigenvalue weighted by molar-refractivity contribution is -0.139. The van der Waals surface area contributed by atoms with Gasteiger partial charge in [-0.1, -0.05) is 23.5 Å². The fourth-order valence-electron chi connectivity index (χ4n) is 2.90. The van der Waals surface area contributed by atoms with E-state index in [0.29, 0.717) is 5.13 Å². The lowest BCUT2D eigenvalue weighted by Gasteiger charge is -2.26. The maximum atomic E-state index is 13.9. The highest BCUT2D eigenvalue weighted by Gasteiger charge is 2.52. The van der Waals surface area contributed by atoms with Gasteiger partial charge in [0.15, 0.2) is 11.6 Å². The SMILES string of the molecule is O=C1CC[N+](Cc2scc(F)c2F)(c2nc3ccccc3s2)C1=O. The van der Waals surface area contributed by atoms with Crippen LogP contribution in [0.1, 0.15) is 11.3 Å². The number of hydrogen-bond acceptors (Lipinski definition) is 5. The molecule has 1 aliphatic heterocycles. The number of hydrogen-bond donors (Lipinski definition) is 0. The van der Waals surface area contributed by atoms with Gasteiger partial charge in [-0.05, 0) is 12.1 Å². The zero-order valence-corrected chi connectivity index (χ0v) is 13.9. The molecule has 4 nitrogen and oxygen atoms in total. The predicted octanol–water partition coefficient (Wildman–Crippen LogP) is 3.64. The fraction of sp³-hybridized carbons (Fsp3) is 0.188. The van der Waals surface area contributed by atoms with Gasteiger partial charge in [0.05, 0.1) is 21.5 Å². The minimum atomic E-state index is -0.953. The van der Waals surface area contributed by atoms with E-state index in [1.54, 1.807) is 0 Å². The summed E-state index contributed by atoms with van der Waals surface area (Å²) in [6.07, 6.45) is 0.0875. The molecule has 0 saturated carbocycles. The summed E-state index contributed by atoms with van der Waals surface area (Å²) in [7, 11) is 0. The quantitative estimate of drug-likeness (QED) is 0.526. The zero-order valence-electron chi connectivity index (χ0n) is 12.3. The van der Waals surface area contributed by atoms with Gasteiger partial charge in [-0.15, -0.1) is 11.3 Å². The molecule has 1 saturated heterocycles. The fourth-order valence-corrected chi connectivity index (χ4v) is 4.86. The average molecular weight is 365 g/mol. The van der Waals surface area contributed by atoms with Gasteiger partial charge in [0.2, 0.25) is 0 Å². The number of Topliss-reactive ketones (excluding diaryl/α,β-unsaturated/α-hetero) is 1. The van der Waals surface area contributed by atoms with E-state index in [-0.39, 0.29) is 28.9 Å². The van der Waals surface area contributed by atoms with Crippen molar-refractivity contribution in [2.45, 2.75) is 13.0 Å². The van der Waals surface area contributed by atoms with Crippen LogP contribution < -0.4 is 4.48 Å². The molecule has 2 aromatic heterocycles. The van der Waals surface area contributed by atoms with E-state index >= 15 is 0 Å². The van der Waals surface area contributed by atoms with Crippen molar-refractivity contribution in [2.75, 3.05) is 6.54 Å². The molecule has 1 aliphatic rings. The number of ketones is 1. The number of nitrogens with zero attached hydrogens (tertiary/aromatic N) is 2. The Morgan fingerprint density at radius 2 is 2.00 bits per heavy atom. The van der Waals surface area contributed by atoms with Gasteiger partial charge in [-0.25, -0.2) is 13.6 Å². The van der Waals surface area contributed by atoms with E-state index < -0.39 is 23.3 Å². The Labute approximate surface area is 143 Å². The Hall–Kier alpha value is -2.03. The van der Waals surface area contributed by atoms with Gasteiger partial charge in [0.1, 0.15) is 13.1 Å². The van der Waals surface area contributed by atoms with Crippen molar-refractivity contribution in [1.29, 1.82) is 0 Å². The first-order chi connectivity index (χ1) is 11.5. The molecule has 8 heteroatoms. The number of aromatic nitrogens is 1. The first kappa shape index (κ1) is 15.5. The Morgan fingerprint density at radius 1 is 1.21 bits per heavy atom. The number of para-hydroxylation sites is 1. The smallest absolute Gasteiger partial charge is 0.284 e. The molecule has 1 fully saturated rings. The summed E-state index contributed by atoms with van der Waals surface area (Å²) in [5.74, 6) is -2.99. The zero-order chi connectivity index (χ0) is 16.9. The summed E-state index contributed by atoms with van der Waals surface area (Å²) >= 11 is 2.22. The molecular weight excluding hydrogens is 354 g/mol. The third-order valence-corrected chi connectivity index (χ3v) is 6.28. The van der Waals surface area contributed by atoms with Crippen molar-refractivity contribution in [3.8, 4) is 0 Å². The molecule has 0 bridgehead atoms. The minimum Gasteiger partial charge on any atom is -0.284 e. The molecule has 4 rings (SSSR count). The van der Waals surface area contributed by atoms with Crippen LogP contribution in [-0.4, -0.2) is 23.2 Å². The molecule has 0 radical (unpaired) electrons. The van der Waals surface area contributed by atoms with Crippen LogP contribution in [0.3, 0.4) is 0 Å². The normalized spacial score (nSPS) is 21.1. The maximum absolute atomic E-state index is 13.9. The Bertz CT molecular complexity index is 949. The van der Waals surface area contributed by atoms with Gasteiger partial charge in [0, 0.05) is 5.38 Å². The molecule has 1 amide bonds. The number of amides is 1. The highest BCUT2D eigenvalue weighted by atomic mass is 32.1. The Morgan fingerprint density at radius 3 is 2.62 bits per heavy atom. The number of fused-ring (bicyclic) bond motifs is 1.